The number of hydrogen-bond acceptors (Lipinski definition) is 4. The number of rotatable bonds is 3. The number of H-pyrrole nitrogens is 1. The molecule has 2 aromatic rings. The fourth-order valence-corrected chi connectivity index (χ4v) is 2.59. The van der Waals surface area contributed by atoms with Gasteiger partial charge in [-0.15, -0.1) is 5.10 Å². The molecule has 0 bridgehead atoms. The van der Waals surface area contributed by atoms with Crippen LogP contribution in [0.15, 0.2) is 18.2 Å². The van der Waals surface area contributed by atoms with E-state index in [9.17, 15) is 4.79 Å². The van der Waals surface area contributed by atoms with Gasteiger partial charge in [0.05, 0.1) is 5.02 Å². The fraction of sp³-hybridized carbons (Fsp3) is 0.308. The summed E-state index contributed by atoms with van der Waals surface area (Å²) in [7, 11) is 0. The Morgan fingerprint density at radius 3 is 3.00 bits per heavy atom. The first-order chi connectivity index (χ1) is 10.1. The van der Waals surface area contributed by atoms with E-state index < -0.39 is 6.10 Å². The molecule has 21 heavy (non-hydrogen) atoms. The molecule has 1 atom stereocenters. The molecule has 0 unspecified atom stereocenters. The highest BCUT2D eigenvalue weighted by Crippen LogP contribution is 2.28. The Bertz CT molecular complexity index is 668. The Balaban J connectivity index is 1.75. The van der Waals surface area contributed by atoms with Crippen molar-refractivity contribution in [2.45, 2.75) is 18.9 Å². The van der Waals surface area contributed by atoms with Gasteiger partial charge in [-0.3, -0.25) is 15.2 Å². The summed E-state index contributed by atoms with van der Waals surface area (Å²) in [5.74, 6) is 0.413. The number of nitrogens with zero attached hydrogens (tertiary/aromatic N) is 2. The van der Waals surface area contributed by atoms with Crippen LogP contribution in [0.4, 0.5) is 5.95 Å². The highest BCUT2D eigenvalue weighted by molar-refractivity contribution is 6.36. The molecule has 110 valence electrons. The lowest BCUT2D eigenvalue weighted by atomic mass is 10.2. The van der Waals surface area contributed by atoms with E-state index in [1.807, 2.05) is 0 Å². The van der Waals surface area contributed by atoms with E-state index in [1.54, 1.807) is 18.2 Å². The van der Waals surface area contributed by atoms with Gasteiger partial charge in [-0.25, -0.2) is 0 Å². The number of benzene rings is 1. The second kappa shape index (κ2) is 6.01. The summed E-state index contributed by atoms with van der Waals surface area (Å²) in [4.78, 5) is 16.1. The van der Waals surface area contributed by atoms with E-state index in [1.165, 1.54) is 0 Å². The van der Waals surface area contributed by atoms with Crippen molar-refractivity contribution in [1.29, 1.82) is 0 Å². The molecule has 2 N–H and O–H groups in total. The van der Waals surface area contributed by atoms with Crippen LogP contribution >= 0.6 is 23.2 Å². The highest BCUT2D eigenvalue weighted by Gasteiger charge is 2.24. The second-order valence-corrected chi connectivity index (χ2v) is 5.47. The number of aromatic nitrogens is 3. The molecule has 1 aliphatic rings. The lowest BCUT2D eigenvalue weighted by Gasteiger charge is -2.06. The molecule has 3 rings (SSSR count). The molecule has 0 aliphatic carbocycles. The summed E-state index contributed by atoms with van der Waals surface area (Å²) in [6.45, 7) is 0.609. The Morgan fingerprint density at radius 2 is 2.29 bits per heavy atom. The van der Waals surface area contributed by atoms with E-state index in [-0.39, 0.29) is 11.9 Å². The van der Waals surface area contributed by atoms with Crippen LogP contribution in [0.2, 0.25) is 10.0 Å². The van der Waals surface area contributed by atoms with Gasteiger partial charge in [0.25, 0.3) is 5.91 Å². The number of nitrogens with one attached hydrogen (secondary N) is 2. The van der Waals surface area contributed by atoms with Gasteiger partial charge < -0.3 is 4.74 Å². The average molecular weight is 327 g/mol. The largest absolute Gasteiger partial charge is 0.368 e. The molecule has 1 saturated heterocycles. The van der Waals surface area contributed by atoms with Crippen LogP contribution in [0.5, 0.6) is 0 Å². The molecule has 1 aliphatic heterocycles. The minimum Gasteiger partial charge on any atom is -0.368 e. The summed E-state index contributed by atoms with van der Waals surface area (Å²) in [5, 5.41) is 10.3. The Kier molecular flexibility index (Phi) is 4.10. The van der Waals surface area contributed by atoms with Crippen molar-refractivity contribution in [3.8, 4) is 11.4 Å². The van der Waals surface area contributed by atoms with Gasteiger partial charge in [0.15, 0.2) is 5.82 Å². The van der Waals surface area contributed by atoms with Gasteiger partial charge in [-0.2, -0.15) is 4.98 Å². The molecule has 2 heterocycles. The van der Waals surface area contributed by atoms with Crippen LogP contribution in [0.1, 0.15) is 12.8 Å². The number of hydrogen-bond donors (Lipinski definition) is 2. The molecule has 1 amide bonds. The van der Waals surface area contributed by atoms with Crippen molar-refractivity contribution in [3.63, 3.8) is 0 Å². The van der Waals surface area contributed by atoms with Crippen LogP contribution in [0.3, 0.4) is 0 Å². The number of amides is 1. The maximum Gasteiger partial charge on any atom is 0.255 e. The van der Waals surface area contributed by atoms with E-state index in [2.05, 4.69) is 20.5 Å². The molecule has 1 aromatic carbocycles. The first kappa shape index (κ1) is 14.3. The van der Waals surface area contributed by atoms with Crippen molar-refractivity contribution < 1.29 is 9.53 Å². The van der Waals surface area contributed by atoms with E-state index in [4.69, 9.17) is 27.9 Å². The number of carbonyl (C=O) groups is 1. The molecule has 1 fully saturated rings. The standard InChI is InChI=1S/C13H12Cl2N4O2/c14-7-3-4-8(9(15)6-7)11-16-13(19-18-11)17-12(20)10-2-1-5-21-10/h3-4,6,10H,1-2,5H2,(H2,16,17,18,19,20)/t10-/m1/s1. The predicted octanol–water partition coefficient (Wildman–Crippen LogP) is 2.90. The van der Waals surface area contributed by atoms with Gasteiger partial charge in [-0.05, 0) is 31.0 Å². The SMILES string of the molecule is O=C(Nc1n[nH]c(-c2ccc(Cl)cc2Cl)n1)[C@H]1CCCO1. The molecule has 0 spiro atoms. The molecule has 0 radical (unpaired) electrons. The minimum absolute atomic E-state index is 0.191. The van der Waals surface area contributed by atoms with Crippen LogP contribution in [0.25, 0.3) is 11.4 Å². The lowest BCUT2D eigenvalue weighted by molar-refractivity contribution is -0.124. The highest BCUT2D eigenvalue weighted by atomic mass is 35.5. The third kappa shape index (κ3) is 3.18. The van der Waals surface area contributed by atoms with Crippen LogP contribution in [-0.2, 0) is 9.53 Å². The fourth-order valence-electron chi connectivity index (χ4n) is 2.09. The van der Waals surface area contributed by atoms with E-state index in [0.717, 1.165) is 6.42 Å². The number of halogens is 2. The van der Waals surface area contributed by atoms with E-state index >= 15 is 0 Å². The van der Waals surface area contributed by atoms with Crippen LogP contribution in [-0.4, -0.2) is 33.8 Å². The van der Waals surface area contributed by atoms with Crippen molar-refractivity contribution in [1.82, 2.24) is 15.2 Å². The molecule has 8 heteroatoms. The van der Waals surface area contributed by atoms with Crippen molar-refractivity contribution in [3.05, 3.63) is 28.2 Å². The topological polar surface area (TPSA) is 79.9 Å². The van der Waals surface area contributed by atoms with Crippen LogP contribution < -0.4 is 5.32 Å². The van der Waals surface area contributed by atoms with Gasteiger partial charge in [0.2, 0.25) is 5.95 Å². The zero-order valence-corrected chi connectivity index (χ0v) is 12.4. The molecular formula is C13H12Cl2N4O2. The maximum absolute atomic E-state index is 11.9. The van der Waals surface area contributed by atoms with Gasteiger partial charge in [0, 0.05) is 17.2 Å². The summed E-state index contributed by atoms with van der Waals surface area (Å²) in [6.07, 6.45) is 1.18. The summed E-state index contributed by atoms with van der Waals surface area (Å²) < 4.78 is 5.30. The van der Waals surface area contributed by atoms with E-state index in [0.29, 0.717) is 34.5 Å². The monoisotopic (exact) mass is 326 g/mol. The number of anilines is 1. The van der Waals surface area contributed by atoms with Crippen molar-refractivity contribution in [2.75, 3.05) is 11.9 Å². The Morgan fingerprint density at radius 1 is 1.43 bits per heavy atom. The van der Waals surface area contributed by atoms with Gasteiger partial charge in [0.1, 0.15) is 6.10 Å². The molecule has 0 saturated carbocycles. The number of carbonyl (C=O) groups excluding carboxylic acids is 1. The van der Waals surface area contributed by atoms with Gasteiger partial charge >= 0.3 is 0 Å². The predicted molar refractivity (Wildman–Crippen MR) is 79.4 cm³/mol. The zero-order valence-electron chi connectivity index (χ0n) is 10.9. The first-order valence-electron chi connectivity index (χ1n) is 6.44. The Hall–Kier alpha value is -1.63. The zero-order chi connectivity index (χ0) is 14.8. The Labute approximate surface area is 130 Å². The average Bonchev–Trinajstić information content (AvgIpc) is 3.09. The third-order valence-electron chi connectivity index (χ3n) is 3.13. The maximum atomic E-state index is 11.9. The normalized spacial score (nSPS) is 17.9. The minimum atomic E-state index is -0.425. The molecular weight excluding hydrogens is 315 g/mol. The van der Waals surface area contributed by atoms with Crippen molar-refractivity contribution in [2.24, 2.45) is 0 Å². The summed E-state index contributed by atoms with van der Waals surface area (Å²) >= 11 is 12.0. The molecule has 6 nitrogen and oxygen atoms in total. The number of aromatic amines is 1. The first-order valence-corrected chi connectivity index (χ1v) is 7.19. The quantitative estimate of drug-likeness (QED) is 0.908. The number of ether oxygens (including phenoxy) is 1. The third-order valence-corrected chi connectivity index (χ3v) is 3.68. The smallest absolute Gasteiger partial charge is 0.255 e. The van der Waals surface area contributed by atoms with Crippen LogP contribution in [0, 0.1) is 0 Å². The second-order valence-electron chi connectivity index (χ2n) is 4.62. The van der Waals surface area contributed by atoms with Gasteiger partial charge in [-0.1, -0.05) is 23.2 Å². The molecule has 1 aromatic heterocycles. The lowest BCUT2D eigenvalue weighted by Crippen LogP contribution is -2.27. The summed E-state index contributed by atoms with van der Waals surface area (Å²) in [6, 6.07) is 5.05. The summed E-state index contributed by atoms with van der Waals surface area (Å²) in [5.41, 5.74) is 0.659. The van der Waals surface area contributed by atoms with Crippen molar-refractivity contribution >= 4 is 35.1 Å².